The summed E-state index contributed by atoms with van der Waals surface area (Å²) in [7, 11) is 0. The second-order valence-electron chi connectivity index (χ2n) is 7.05. The third-order valence-corrected chi connectivity index (χ3v) is 5.84. The molecule has 3 heteroatoms. The monoisotopic (exact) mass is 300 g/mol. The summed E-state index contributed by atoms with van der Waals surface area (Å²) in [6.45, 7) is 6.44. The number of hydrogen-bond acceptors (Lipinski definition) is 3. The molecule has 1 atom stereocenters. The Balaban J connectivity index is 1.56. The second kappa shape index (κ2) is 6.69. The molecule has 2 heterocycles. The van der Waals surface area contributed by atoms with Gasteiger partial charge in [0.05, 0.1) is 13.2 Å². The van der Waals surface area contributed by atoms with E-state index in [0.29, 0.717) is 0 Å². The standard InChI is InChI=1S/C19H28N2O/c1-2-15-4-5-17(21-10-12-22-13-11-21)14-19(15)18(3-1)16-6-8-20-9-7-16/h1-3,16-17,20H,4-14H2. The van der Waals surface area contributed by atoms with Crippen LogP contribution < -0.4 is 5.32 Å². The minimum atomic E-state index is 0.735. The van der Waals surface area contributed by atoms with Gasteiger partial charge in [-0.05, 0) is 67.8 Å². The Morgan fingerprint density at radius 1 is 1.05 bits per heavy atom. The van der Waals surface area contributed by atoms with Crippen LogP contribution in [-0.4, -0.2) is 50.3 Å². The predicted octanol–water partition coefficient (Wildman–Crippen LogP) is 2.34. The van der Waals surface area contributed by atoms with E-state index in [2.05, 4.69) is 28.4 Å². The van der Waals surface area contributed by atoms with Gasteiger partial charge in [0, 0.05) is 19.1 Å². The van der Waals surface area contributed by atoms with Crippen molar-refractivity contribution in [1.82, 2.24) is 10.2 Å². The van der Waals surface area contributed by atoms with Crippen molar-refractivity contribution in [3.63, 3.8) is 0 Å². The number of ether oxygens (including phenoxy) is 1. The highest BCUT2D eigenvalue weighted by atomic mass is 16.5. The molecule has 22 heavy (non-hydrogen) atoms. The van der Waals surface area contributed by atoms with Crippen molar-refractivity contribution in [2.45, 2.75) is 44.1 Å². The van der Waals surface area contributed by atoms with E-state index in [0.717, 1.165) is 38.3 Å². The summed E-state index contributed by atoms with van der Waals surface area (Å²) in [5, 5.41) is 3.50. The van der Waals surface area contributed by atoms with E-state index in [1.807, 2.05) is 0 Å². The molecule has 3 nitrogen and oxygen atoms in total. The predicted molar refractivity (Wildman–Crippen MR) is 89.5 cm³/mol. The summed E-state index contributed by atoms with van der Waals surface area (Å²) in [4.78, 5) is 2.67. The summed E-state index contributed by atoms with van der Waals surface area (Å²) in [6, 6.07) is 7.82. The molecule has 0 aromatic heterocycles. The van der Waals surface area contributed by atoms with Gasteiger partial charge >= 0.3 is 0 Å². The van der Waals surface area contributed by atoms with Crippen LogP contribution in [0.1, 0.15) is 41.9 Å². The lowest BCUT2D eigenvalue weighted by Gasteiger charge is -2.38. The van der Waals surface area contributed by atoms with Crippen LogP contribution in [0.15, 0.2) is 18.2 Å². The largest absolute Gasteiger partial charge is 0.379 e. The Labute approximate surface area is 134 Å². The lowest BCUT2D eigenvalue weighted by Crippen LogP contribution is -2.46. The first-order valence-electron chi connectivity index (χ1n) is 9.05. The quantitative estimate of drug-likeness (QED) is 0.907. The zero-order chi connectivity index (χ0) is 14.8. The molecule has 3 aliphatic rings. The zero-order valence-electron chi connectivity index (χ0n) is 13.5. The first-order chi connectivity index (χ1) is 10.9. The number of piperidine rings is 1. The highest BCUT2D eigenvalue weighted by Gasteiger charge is 2.28. The van der Waals surface area contributed by atoms with Crippen LogP contribution in [0.25, 0.3) is 0 Å². The van der Waals surface area contributed by atoms with Gasteiger partial charge < -0.3 is 10.1 Å². The molecule has 120 valence electrons. The van der Waals surface area contributed by atoms with Crippen LogP contribution in [0.3, 0.4) is 0 Å². The van der Waals surface area contributed by atoms with Crippen LogP contribution in [-0.2, 0) is 17.6 Å². The molecule has 1 unspecified atom stereocenters. The highest BCUT2D eigenvalue weighted by Crippen LogP contribution is 2.34. The van der Waals surface area contributed by atoms with E-state index in [1.54, 1.807) is 16.7 Å². The molecule has 0 radical (unpaired) electrons. The van der Waals surface area contributed by atoms with E-state index in [4.69, 9.17) is 4.74 Å². The minimum Gasteiger partial charge on any atom is -0.379 e. The zero-order valence-corrected chi connectivity index (χ0v) is 13.5. The van der Waals surface area contributed by atoms with Crippen molar-refractivity contribution < 1.29 is 4.74 Å². The number of nitrogens with zero attached hydrogens (tertiary/aromatic N) is 1. The van der Waals surface area contributed by atoms with Crippen LogP contribution in [0.5, 0.6) is 0 Å². The third-order valence-electron chi connectivity index (χ3n) is 5.84. The lowest BCUT2D eigenvalue weighted by molar-refractivity contribution is 0.0136. The topological polar surface area (TPSA) is 24.5 Å². The Kier molecular flexibility index (Phi) is 4.47. The summed E-state index contributed by atoms with van der Waals surface area (Å²) < 4.78 is 5.53. The molecule has 2 saturated heterocycles. The Morgan fingerprint density at radius 2 is 1.86 bits per heavy atom. The van der Waals surface area contributed by atoms with Crippen LogP contribution in [0, 0.1) is 0 Å². The molecule has 0 amide bonds. The number of nitrogens with one attached hydrogen (secondary N) is 1. The maximum Gasteiger partial charge on any atom is 0.0594 e. The Bertz CT molecular complexity index is 504. The van der Waals surface area contributed by atoms with Gasteiger partial charge in [0.25, 0.3) is 0 Å². The first kappa shape index (κ1) is 14.7. The maximum absolute atomic E-state index is 5.53. The fourth-order valence-corrected chi connectivity index (χ4v) is 4.57. The molecular weight excluding hydrogens is 272 g/mol. The van der Waals surface area contributed by atoms with Gasteiger partial charge in [-0.1, -0.05) is 18.2 Å². The van der Waals surface area contributed by atoms with Gasteiger partial charge in [-0.15, -0.1) is 0 Å². The maximum atomic E-state index is 5.53. The third kappa shape index (κ3) is 2.94. The Morgan fingerprint density at radius 3 is 2.68 bits per heavy atom. The molecule has 1 N–H and O–H groups in total. The van der Waals surface area contributed by atoms with Crippen molar-refractivity contribution in [3.05, 3.63) is 34.9 Å². The smallest absolute Gasteiger partial charge is 0.0594 e. The number of rotatable bonds is 2. The van der Waals surface area contributed by atoms with E-state index < -0.39 is 0 Å². The average molecular weight is 300 g/mol. The number of morpholine rings is 1. The molecule has 0 bridgehead atoms. The van der Waals surface area contributed by atoms with Crippen LogP contribution >= 0.6 is 0 Å². The summed E-state index contributed by atoms with van der Waals surface area (Å²) in [5.74, 6) is 0.777. The molecule has 2 fully saturated rings. The summed E-state index contributed by atoms with van der Waals surface area (Å²) >= 11 is 0. The molecule has 2 aliphatic heterocycles. The van der Waals surface area contributed by atoms with Gasteiger partial charge in [-0.25, -0.2) is 0 Å². The molecule has 1 aromatic rings. The molecule has 1 aromatic carbocycles. The van der Waals surface area contributed by atoms with Gasteiger partial charge in [0.1, 0.15) is 0 Å². The van der Waals surface area contributed by atoms with E-state index >= 15 is 0 Å². The normalized spacial score (nSPS) is 27.5. The highest BCUT2D eigenvalue weighted by molar-refractivity contribution is 5.40. The fourth-order valence-electron chi connectivity index (χ4n) is 4.57. The molecule has 0 saturated carbocycles. The van der Waals surface area contributed by atoms with Crippen molar-refractivity contribution >= 4 is 0 Å². The van der Waals surface area contributed by atoms with Gasteiger partial charge in [-0.2, -0.15) is 0 Å². The fraction of sp³-hybridized carbons (Fsp3) is 0.684. The summed E-state index contributed by atoms with van der Waals surface area (Å²) in [5.41, 5.74) is 4.98. The van der Waals surface area contributed by atoms with Crippen molar-refractivity contribution in [2.75, 3.05) is 39.4 Å². The molecular formula is C19H28N2O. The van der Waals surface area contributed by atoms with E-state index in [-0.39, 0.29) is 0 Å². The minimum absolute atomic E-state index is 0.735. The first-order valence-corrected chi connectivity index (χ1v) is 9.05. The van der Waals surface area contributed by atoms with Crippen molar-refractivity contribution in [3.8, 4) is 0 Å². The van der Waals surface area contributed by atoms with Gasteiger partial charge in [0.15, 0.2) is 0 Å². The molecule has 1 aliphatic carbocycles. The summed E-state index contributed by atoms with van der Waals surface area (Å²) in [6.07, 6.45) is 6.45. The Hall–Kier alpha value is -0.900. The SMILES string of the molecule is c1cc2c(c(C3CCNCC3)c1)CC(N1CCOCC1)CC2. The number of benzene rings is 1. The van der Waals surface area contributed by atoms with E-state index in [9.17, 15) is 0 Å². The van der Waals surface area contributed by atoms with Crippen LogP contribution in [0.2, 0.25) is 0 Å². The van der Waals surface area contributed by atoms with Gasteiger partial charge in [0.2, 0.25) is 0 Å². The van der Waals surface area contributed by atoms with Gasteiger partial charge in [-0.3, -0.25) is 4.90 Å². The number of fused-ring (bicyclic) bond motifs is 1. The number of hydrogen-bond donors (Lipinski definition) is 1. The molecule has 0 spiro atoms. The molecule has 4 rings (SSSR count). The van der Waals surface area contributed by atoms with E-state index in [1.165, 1.54) is 45.2 Å². The van der Waals surface area contributed by atoms with Crippen molar-refractivity contribution in [2.24, 2.45) is 0 Å². The number of aryl methyl sites for hydroxylation is 1. The second-order valence-corrected chi connectivity index (χ2v) is 7.05. The lowest BCUT2D eigenvalue weighted by atomic mass is 9.79. The van der Waals surface area contributed by atoms with Crippen molar-refractivity contribution in [1.29, 1.82) is 0 Å². The average Bonchev–Trinajstić information content (AvgIpc) is 2.62. The van der Waals surface area contributed by atoms with Crippen LogP contribution in [0.4, 0.5) is 0 Å².